The van der Waals surface area contributed by atoms with Crippen LogP contribution in [0.25, 0.3) is 11.1 Å². The van der Waals surface area contributed by atoms with Gasteiger partial charge in [-0.1, -0.05) is 95.9 Å². The van der Waals surface area contributed by atoms with E-state index in [2.05, 4.69) is 26.0 Å². The van der Waals surface area contributed by atoms with Crippen molar-refractivity contribution in [3.63, 3.8) is 0 Å². The molecule has 35 heavy (non-hydrogen) atoms. The van der Waals surface area contributed by atoms with E-state index in [4.69, 9.17) is 9.47 Å². The average molecular weight is 483 g/mol. The molecule has 0 atom stereocenters. The lowest BCUT2D eigenvalue weighted by atomic mass is 9.95. The summed E-state index contributed by atoms with van der Waals surface area (Å²) in [5.41, 5.74) is 3.63. The van der Waals surface area contributed by atoms with Crippen LogP contribution in [0.5, 0.6) is 5.75 Å². The number of unbranched alkanes of at least 4 members (excludes halogenated alkanes) is 9. The maximum atomic E-state index is 11.3. The molecule has 4 nitrogen and oxygen atoms in total. The molecule has 0 radical (unpaired) electrons. The Hall–Kier alpha value is -2.33. The predicted molar refractivity (Wildman–Crippen MR) is 146 cm³/mol. The first-order valence-corrected chi connectivity index (χ1v) is 13.8. The smallest absolute Gasteiger partial charge is 0.335 e. The van der Waals surface area contributed by atoms with Crippen molar-refractivity contribution in [2.45, 2.75) is 97.3 Å². The minimum Gasteiger partial charge on any atom is -0.493 e. The number of benzene rings is 2. The van der Waals surface area contributed by atoms with Crippen molar-refractivity contribution in [3.05, 3.63) is 53.6 Å². The minimum absolute atomic E-state index is 0.304. The fourth-order valence-corrected chi connectivity index (χ4v) is 4.35. The van der Waals surface area contributed by atoms with Gasteiger partial charge in [0.25, 0.3) is 0 Å². The highest BCUT2D eigenvalue weighted by atomic mass is 16.5. The first-order chi connectivity index (χ1) is 17.2. The molecule has 0 aliphatic carbocycles. The molecule has 0 aliphatic rings. The topological polar surface area (TPSA) is 55.8 Å². The number of carboxylic acid groups (broad SMARTS) is 1. The number of carboxylic acids is 1. The van der Waals surface area contributed by atoms with Crippen LogP contribution in [0, 0.1) is 0 Å². The average Bonchev–Trinajstić information content (AvgIpc) is 2.87. The van der Waals surface area contributed by atoms with Gasteiger partial charge in [0.2, 0.25) is 0 Å². The summed E-state index contributed by atoms with van der Waals surface area (Å²) in [4.78, 5) is 11.3. The van der Waals surface area contributed by atoms with Gasteiger partial charge < -0.3 is 14.6 Å². The molecule has 0 bridgehead atoms. The van der Waals surface area contributed by atoms with Crippen molar-refractivity contribution in [2.24, 2.45) is 0 Å². The minimum atomic E-state index is -0.903. The largest absolute Gasteiger partial charge is 0.493 e. The summed E-state index contributed by atoms with van der Waals surface area (Å²) in [6.45, 7) is 6.79. The summed E-state index contributed by atoms with van der Waals surface area (Å²) >= 11 is 0. The summed E-state index contributed by atoms with van der Waals surface area (Å²) in [5.74, 6) is 0.0394. The molecule has 0 aromatic heterocycles. The highest BCUT2D eigenvalue weighted by molar-refractivity contribution is 5.88. The van der Waals surface area contributed by atoms with E-state index >= 15 is 0 Å². The monoisotopic (exact) mass is 482 g/mol. The van der Waals surface area contributed by atoms with Gasteiger partial charge >= 0.3 is 5.97 Å². The highest BCUT2D eigenvalue weighted by Gasteiger charge is 2.13. The first kappa shape index (κ1) is 28.9. The molecule has 1 N–H and O–H groups in total. The Balaban J connectivity index is 1.98. The molecule has 0 aliphatic heterocycles. The molecule has 0 spiro atoms. The molecule has 2 aromatic rings. The molecular weight excluding hydrogens is 436 g/mol. The third-order valence-electron chi connectivity index (χ3n) is 6.44. The van der Waals surface area contributed by atoms with Crippen LogP contribution < -0.4 is 4.74 Å². The maximum absolute atomic E-state index is 11.3. The van der Waals surface area contributed by atoms with E-state index < -0.39 is 5.97 Å². The Morgan fingerprint density at radius 3 is 1.97 bits per heavy atom. The Kier molecular flexibility index (Phi) is 14.9. The summed E-state index contributed by atoms with van der Waals surface area (Å²) < 4.78 is 12.2. The molecule has 0 fully saturated rings. The van der Waals surface area contributed by atoms with Gasteiger partial charge in [-0.25, -0.2) is 4.79 Å². The van der Waals surface area contributed by atoms with E-state index in [1.807, 2.05) is 18.2 Å². The zero-order chi connectivity index (χ0) is 25.1. The van der Waals surface area contributed by atoms with Crippen molar-refractivity contribution < 1.29 is 19.4 Å². The Labute approximate surface area is 213 Å². The van der Waals surface area contributed by atoms with Gasteiger partial charge in [0.15, 0.2) is 0 Å². The Morgan fingerprint density at radius 1 is 0.714 bits per heavy atom. The molecule has 2 rings (SSSR count). The number of hydrogen-bond donors (Lipinski definition) is 1. The lowest BCUT2D eigenvalue weighted by Crippen LogP contribution is -2.04. The Morgan fingerprint density at radius 2 is 1.31 bits per heavy atom. The third kappa shape index (κ3) is 11.3. The van der Waals surface area contributed by atoms with E-state index in [0.717, 1.165) is 62.4 Å². The van der Waals surface area contributed by atoms with Crippen molar-refractivity contribution in [2.75, 3.05) is 19.8 Å². The first-order valence-electron chi connectivity index (χ1n) is 13.8. The molecule has 4 heteroatoms. The van der Waals surface area contributed by atoms with E-state index in [1.165, 1.54) is 63.4 Å². The molecule has 0 amide bonds. The fraction of sp³-hybridized carbons (Fsp3) is 0.581. The zero-order valence-corrected chi connectivity index (χ0v) is 22.0. The van der Waals surface area contributed by atoms with Crippen LogP contribution in [0.4, 0.5) is 0 Å². The van der Waals surface area contributed by atoms with Gasteiger partial charge in [-0.3, -0.25) is 0 Å². The second-order valence-corrected chi connectivity index (χ2v) is 9.41. The van der Waals surface area contributed by atoms with Crippen LogP contribution in [0.15, 0.2) is 42.5 Å². The summed E-state index contributed by atoms with van der Waals surface area (Å²) in [5, 5.41) is 9.25. The number of carbonyl (C=O) groups is 1. The highest BCUT2D eigenvalue weighted by Crippen LogP contribution is 2.32. The quantitative estimate of drug-likeness (QED) is 0.192. The van der Waals surface area contributed by atoms with Gasteiger partial charge in [-0.05, 0) is 55.0 Å². The normalized spacial score (nSPS) is 11.0. The lowest BCUT2D eigenvalue weighted by molar-refractivity contribution is 0.0697. The predicted octanol–water partition coefficient (Wildman–Crippen LogP) is 8.71. The molecule has 0 saturated heterocycles. The second kappa shape index (κ2) is 18.0. The van der Waals surface area contributed by atoms with Gasteiger partial charge in [-0.2, -0.15) is 0 Å². The van der Waals surface area contributed by atoms with Crippen LogP contribution in [0.3, 0.4) is 0 Å². The van der Waals surface area contributed by atoms with E-state index in [0.29, 0.717) is 5.56 Å². The van der Waals surface area contributed by atoms with E-state index in [-0.39, 0.29) is 0 Å². The second-order valence-electron chi connectivity index (χ2n) is 9.41. The summed E-state index contributed by atoms with van der Waals surface area (Å²) in [6, 6.07) is 13.3. The van der Waals surface area contributed by atoms with Crippen molar-refractivity contribution in [1.82, 2.24) is 0 Å². The number of rotatable bonds is 20. The van der Waals surface area contributed by atoms with Crippen LogP contribution in [0.2, 0.25) is 0 Å². The Bertz CT molecular complexity index is 828. The molecule has 0 saturated carbocycles. The molecule has 0 unspecified atom stereocenters. The van der Waals surface area contributed by atoms with Gasteiger partial charge in [0.05, 0.1) is 12.2 Å². The number of hydrogen-bond acceptors (Lipinski definition) is 3. The van der Waals surface area contributed by atoms with E-state index in [9.17, 15) is 9.90 Å². The van der Waals surface area contributed by atoms with Crippen LogP contribution in [-0.2, 0) is 11.2 Å². The van der Waals surface area contributed by atoms with Crippen molar-refractivity contribution in [3.8, 4) is 16.9 Å². The lowest BCUT2D eigenvalue weighted by Gasteiger charge is -2.16. The SMILES string of the molecule is CCCCCCCCOc1cccc(-c2ccc(C(=O)O)cc2)c1CCCOCCCCCCC. The van der Waals surface area contributed by atoms with Gasteiger partial charge in [-0.15, -0.1) is 0 Å². The van der Waals surface area contributed by atoms with Gasteiger partial charge in [0.1, 0.15) is 5.75 Å². The molecule has 194 valence electrons. The molecular formula is C31H46O4. The number of ether oxygens (including phenoxy) is 2. The van der Waals surface area contributed by atoms with Crippen molar-refractivity contribution in [1.29, 1.82) is 0 Å². The molecule has 2 aromatic carbocycles. The van der Waals surface area contributed by atoms with Crippen molar-refractivity contribution >= 4 is 5.97 Å². The third-order valence-corrected chi connectivity index (χ3v) is 6.44. The van der Waals surface area contributed by atoms with Crippen LogP contribution in [-0.4, -0.2) is 30.9 Å². The summed E-state index contributed by atoms with van der Waals surface area (Å²) in [7, 11) is 0. The van der Waals surface area contributed by atoms with Crippen LogP contribution >= 0.6 is 0 Å². The summed E-state index contributed by atoms with van der Waals surface area (Å²) in [6.07, 6.45) is 15.5. The standard InChI is InChI=1S/C31H46O4/c1-3-5-7-9-11-13-25-35-30-18-14-16-28(26-19-21-27(22-20-26)31(32)33)29(30)17-15-24-34-23-12-10-8-6-4-2/h14,16,18-22H,3-13,15,17,23-25H2,1-2H3,(H,32,33). The van der Waals surface area contributed by atoms with Crippen LogP contribution in [0.1, 0.15) is 107 Å². The van der Waals surface area contributed by atoms with Gasteiger partial charge in [0, 0.05) is 18.8 Å². The molecule has 0 heterocycles. The number of aromatic carboxylic acids is 1. The maximum Gasteiger partial charge on any atom is 0.335 e. The zero-order valence-electron chi connectivity index (χ0n) is 22.0. The van der Waals surface area contributed by atoms with E-state index in [1.54, 1.807) is 12.1 Å². The fourth-order valence-electron chi connectivity index (χ4n) is 4.35.